The number of rotatable bonds is 8. The average molecular weight is 345 g/mol. The first-order valence-electron chi connectivity index (χ1n) is 7.80. The normalized spacial score (nSPS) is 12.6. The van der Waals surface area contributed by atoms with E-state index in [9.17, 15) is 14.4 Å². The summed E-state index contributed by atoms with van der Waals surface area (Å²) in [7, 11) is 1.46. The molecule has 0 atom stereocenters. The quantitative estimate of drug-likeness (QED) is 0.675. The number of ether oxygens (including phenoxy) is 2. The smallest absolute Gasteiger partial charge is 0.344 e. The lowest BCUT2D eigenvalue weighted by molar-refractivity contribution is -0.153. The van der Waals surface area contributed by atoms with Gasteiger partial charge in [0.25, 0.3) is 5.91 Å². The second kappa shape index (κ2) is 8.68. The summed E-state index contributed by atoms with van der Waals surface area (Å²) >= 11 is 0. The van der Waals surface area contributed by atoms with Gasteiger partial charge in [-0.15, -0.1) is 0 Å². The number of esters is 1. The minimum atomic E-state index is -0.739. The van der Waals surface area contributed by atoms with Gasteiger partial charge in [-0.05, 0) is 25.0 Å². The molecule has 0 heterocycles. The van der Waals surface area contributed by atoms with Gasteiger partial charge in [0, 0.05) is 13.1 Å². The predicted octanol–water partition coefficient (Wildman–Crippen LogP) is 0.217. The number of nitrogens with one attached hydrogen (secondary N) is 1. The van der Waals surface area contributed by atoms with Gasteiger partial charge >= 0.3 is 5.97 Å². The molecular weight excluding hydrogens is 326 g/mol. The molecule has 1 saturated carbocycles. The molecule has 1 aliphatic carbocycles. The van der Waals surface area contributed by atoms with Gasteiger partial charge < -0.3 is 19.7 Å². The van der Waals surface area contributed by atoms with E-state index in [1.165, 1.54) is 11.9 Å². The van der Waals surface area contributed by atoms with Crippen LogP contribution in [0.25, 0.3) is 0 Å². The van der Waals surface area contributed by atoms with Crippen molar-refractivity contribution >= 4 is 17.8 Å². The van der Waals surface area contributed by atoms with Crippen LogP contribution in [-0.4, -0.2) is 55.5 Å². The van der Waals surface area contributed by atoms with Crippen molar-refractivity contribution in [1.82, 2.24) is 10.2 Å². The van der Waals surface area contributed by atoms with E-state index in [2.05, 4.69) is 5.32 Å². The number of amides is 2. The number of nitriles is 1. The summed E-state index contributed by atoms with van der Waals surface area (Å²) in [6.07, 6.45) is 1.94. The summed E-state index contributed by atoms with van der Waals surface area (Å²) < 4.78 is 10.0. The van der Waals surface area contributed by atoms with E-state index in [-0.39, 0.29) is 24.2 Å². The van der Waals surface area contributed by atoms with Crippen molar-refractivity contribution in [2.75, 3.05) is 26.8 Å². The minimum Gasteiger partial charge on any atom is -0.481 e. The van der Waals surface area contributed by atoms with Crippen molar-refractivity contribution in [3.63, 3.8) is 0 Å². The first kappa shape index (κ1) is 18.3. The molecule has 25 heavy (non-hydrogen) atoms. The van der Waals surface area contributed by atoms with E-state index in [0.717, 1.165) is 12.8 Å². The Morgan fingerprint density at radius 2 is 2.00 bits per heavy atom. The number of carbonyl (C=O) groups excluding carboxylic acids is 3. The Balaban J connectivity index is 1.68. The van der Waals surface area contributed by atoms with Crippen LogP contribution in [-0.2, 0) is 19.1 Å². The molecule has 132 valence electrons. The van der Waals surface area contributed by atoms with E-state index >= 15 is 0 Å². The van der Waals surface area contributed by atoms with E-state index < -0.39 is 25.1 Å². The maximum atomic E-state index is 11.8. The Morgan fingerprint density at radius 1 is 1.28 bits per heavy atom. The second-order valence-corrected chi connectivity index (χ2v) is 5.65. The third-order valence-electron chi connectivity index (χ3n) is 3.46. The zero-order valence-electron chi connectivity index (χ0n) is 13.9. The molecule has 2 rings (SSSR count). The number of nitrogens with zero attached hydrogens (tertiary/aromatic N) is 2. The zero-order valence-corrected chi connectivity index (χ0v) is 13.9. The van der Waals surface area contributed by atoms with Crippen molar-refractivity contribution in [2.24, 2.45) is 0 Å². The Kier molecular flexibility index (Phi) is 6.34. The molecule has 0 saturated heterocycles. The molecule has 1 fully saturated rings. The number of hydrogen-bond donors (Lipinski definition) is 1. The Labute approximate surface area is 145 Å². The summed E-state index contributed by atoms with van der Waals surface area (Å²) in [5, 5.41) is 11.7. The molecule has 1 N–H and O–H groups in total. The summed E-state index contributed by atoms with van der Waals surface area (Å²) in [4.78, 5) is 36.3. The third-order valence-corrected chi connectivity index (χ3v) is 3.46. The highest BCUT2D eigenvalue weighted by Crippen LogP contribution is 2.18. The highest BCUT2D eigenvalue weighted by molar-refractivity contribution is 5.86. The van der Waals surface area contributed by atoms with Gasteiger partial charge in [0.2, 0.25) is 5.91 Å². The summed E-state index contributed by atoms with van der Waals surface area (Å²) in [6, 6.07) is 8.64. The second-order valence-electron chi connectivity index (χ2n) is 5.65. The average Bonchev–Trinajstić information content (AvgIpc) is 3.41. The topological polar surface area (TPSA) is 109 Å². The molecule has 2 amide bonds. The number of benzene rings is 1. The molecule has 0 aliphatic heterocycles. The SMILES string of the molecule is CN(CC(=O)NC1CC1)C(=O)COC(=O)COc1ccccc1C#N. The van der Waals surface area contributed by atoms with Gasteiger partial charge in [0.05, 0.1) is 12.1 Å². The molecule has 0 aromatic heterocycles. The van der Waals surface area contributed by atoms with Crippen molar-refractivity contribution in [3.8, 4) is 11.8 Å². The third kappa shape index (κ3) is 6.14. The molecular formula is C17H19N3O5. The molecule has 0 bridgehead atoms. The summed E-state index contributed by atoms with van der Waals surface area (Å²) in [6.45, 7) is -0.980. The highest BCUT2D eigenvalue weighted by Gasteiger charge is 2.24. The fourth-order valence-corrected chi connectivity index (χ4v) is 1.92. The van der Waals surface area contributed by atoms with Gasteiger partial charge in [0.15, 0.2) is 13.2 Å². The first-order valence-corrected chi connectivity index (χ1v) is 7.80. The van der Waals surface area contributed by atoms with Crippen LogP contribution in [0.1, 0.15) is 18.4 Å². The molecule has 8 heteroatoms. The van der Waals surface area contributed by atoms with E-state index in [0.29, 0.717) is 5.56 Å². The van der Waals surface area contributed by atoms with E-state index in [4.69, 9.17) is 14.7 Å². The maximum absolute atomic E-state index is 11.8. The predicted molar refractivity (Wildman–Crippen MR) is 86.4 cm³/mol. The first-order chi connectivity index (χ1) is 12.0. The largest absolute Gasteiger partial charge is 0.481 e. The number of hydrogen-bond acceptors (Lipinski definition) is 6. The van der Waals surface area contributed by atoms with Crippen LogP contribution in [0.4, 0.5) is 0 Å². The fraction of sp³-hybridized carbons (Fsp3) is 0.412. The lowest BCUT2D eigenvalue weighted by atomic mass is 10.2. The van der Waals surface area contributed by atoms with Crippen molar-refractivity contribution in [2.45, 2.75) is 18.9 Å². The molecule has 1 aromatic rings. The lowest BCUT2D eigenvalue weighted by Crippen LogP contribution is -2.40. The Morgan fingerprint density at radius 3 is 2.68 bits per heavy atom. The molecule has 1 aromatic carbocycles. The minimum absolute atomic E-state index is 0.0844. The zero-order chi connectivity index (χ0) is 18.2. The monoisotopic (exact) mass is 345 g/mol. The van der Waals surface area contributed by atoms with Crippen LogP contribution in [0.3, 0.4) is 0 Å². The van der Waals surface area contributed by atoms with Gasteiger partial charge in [0.1, 0.15) is 11.8 Å². The van der Waals surface area contributed by atoms with Gasteiger partial charge in [-0.3, -0.25) is 9.59 Å². The van der Waals surface area contributed by atoms with Crippen molar-refractivity contribution in [1.29, 1.82) is 5.26 Å². The maximum Gasteiger partial charge on any atom is 0.344 e. The van der Waals surface area contributed by atoms with Crippen molar-refractivity contribution < 1.29 is 23.9 Å². The summed E-state index contributed by atoms with van der Waals surface area (Å²) in [5.74, 6) is -1.20. The van der Waals surface area contributed by atoms with Crippen LogP contribution in [0.5, 0.6) is 5.75 Å². The van der Waals surface area contributed by atoms with E-state index in [1.807, 2.05) is 6.07 Å². The van der Waals surface area contributed by atoms with Gasteiger partial charge in [-0.25, -0.2) is 4.79 Å². The van der Waals surface area contributed by atoms with Crippen LogP contribution in [0.2, 0.25) is 0 Å². The molecule has 8 nitrogen and oxygen atoms in total. The summed E-state index contributed by atoms with van der Waals surface area (Å²) in [5.41, 5.74) is 0.299. The van der Waals surface area contributed by atoms with Crippen LogP contribution in [0, 0.1) is 11.3 Å². The molecule has 0 unspecified atom stereocenters. The number of likely N-dealkylation sites (N-methyl/N-ethyl adjacent to an activating group) is 1. The fourth-order valence-electron chi connectivity index (χ4n) is 1.92. The van der Waals surface area contributed by atoms with Gasteiger partial charge in [-0.2, -0.15) is 5.26 Å². The van der Waals surface area contributed by atoms with Gasteiger partial charge in [-0.1, -0.05) is 12.1 Å². The molecule has 0 spiro atoms. The number of carbonyl (C=O) groups is 3. The Hall–Kier alpha value is -3.08. The molecule has 1 aliphatic rings. The van der Waals surface area contributed by atoms with Crippen LogP contribution in [0.15, 0.2) is 24.3 Å². The van der Waals surface area contributed by atoms with E-state index in [1.54, 1.807) is 24.3 Å². The van der Waals surface area contributed by atoms with Crippen LogP contribution >= 0.6 is 0 Å². The van der Waals surface area contributed by atoms with Crippen LogP contribution < -0.4 is 10.1 Å². The number of para-hydroxylation sites is 1. The molecule has 0 radical (unpaired) electrons. The lowest BCUT2D eigenvalue weighted by Gasteiger charge is -2.16. The standard InChI is InChI=1S/C17H19N3O5/c1-20(9-15(21)19-13-6-7-13)16(22)10-25-17(23)11-24-14-5-3-2-4-12(14)8-18/h2-5,13H,6-7,9-11H2,1H3,(H,19,21). The van der Waals surface area contributed by atoms with Crippen molar-refractivity contribution in [3.05, 3.63) is 29.8 Å². The Bertz CT molecular complexity index is 694. The highest BCUT2D eigenvalue weighted by atomic mass is 16.6.